The number of fused-ring (bicyclic) bond motifs is 2. The fourth-order valence-corrected chi connectivity index (χ4v) is 5.36. The average Bonchev–Trinajstić information content (AvgIpc) is 2.79. The van der Waals surface area contributed by atoms with Gasteiger partial charge in [-0.2, -0.15) is 9.78 Å². The molecule has 1 aliphatic heterocycles. The first-order valence-corrected chi connectivity index (χ1v) is 9.26. The zero-order valence-electron chi connectivity index (χ0n) is 15.0. The van der Waals surface area contributed by atoms with Gasteiger partial charge in [0.1, 0.15) is 5.02 Å². The van der Waals surface area contributed by atoms with E-state index in [4.69, 9.17) is 11.6 Å². The molecule has 0 radical (unpaired) electrons. The van der Waals surface area contributed by atoms with Crippen molar-refractivity contribution in [2.45, 2.75) is 46.1 Å². The molecule has 1 aromatic carbocycles. The second-order valence-electron chi connectivity index (χ2n) is 8.74. The van der Waals surface area contributed by atoms with Crippen LogP contribution in [0.1, 0.15) is 40.0 Å². The average molecular weight is 358 g/mol. The fourth-order valence-electron chi connectivity index (χ4n) is 5.12. The highest BCUT2D eigenvalue weighted by Gasteiger charge is 2.50. The highest BCUT2D eigenvalue weighted by molar-refractivity contribution is 6.33. The third-order valence-corrected chi connectivity index (χ3v) is 5.98. The molecule has 4 nitrogen and oxygen atoms in total. The molecule has 25 heavy (non-hydrogen) atoms. The van der Waals surface area contributed by atoms with Crippen molar-refractivity contribution in [3.8, 4) is 5.69 Å². The van der Waals surface area contributed by atoms with Crippen molar-refractivity contribution in [3.05, 3.63) is 51.9 Å². The zero-order valence-corrected chi connectivity index (χ0v) is 15.8. The summed E-state index contributed by atoms with van der Waals surface area (Å²) in [6, 6.07) is 9.83. The van der Waals surface area contributed by atoms with Crippen LogP contribution in [0.25, 0.3) is 5.69 Å². The molecule has 0 spiro atoms. The molecule has 2 bridgehead atoms. The van der Waals surface area contributed by atoms with E-state index in [1.165, 1.54) is 11.1 Å². The standard InChI is InChI=1S/C20H24ClN3O/c1-19(2)9-15-10-20(3,12-19)13-23(15)16-11-22-24(18(25)17(16)21)14-7-5-4-6-8-14/h4-8,11,15H,9-10,12-13H2,1-3H3. The lowest BCUT2D eigenvalue weighted by atomic mass is 9.65. The largest absolute Gasteiger partial charge is 0.365 e. The monoisotopic (exact) mass is 357 g/mol. The first-order chi connectivity index (χ1) is 11.8. The zero-order chi connectivity index (χ0) is 17.8. The highest BCUT2D eigenvalue weighted by Crippen LogP contribution is 2.53. The SMILES string of the molecule is CC1(C)CC2CC(C)(CN2c2cnn(-c3ccccc3)c(=O)c2Cl)C1. The lowest BCUT2D eigenvalue weighted by Gasteiger charge is -2.39. The lowest BCUT2D eigenvalue weighted by molar-refractivity contribution is 0.136. The Hall–Kier alpha value is -1.81. The molecule has 0 amide bonds. The number of hydrogen-bond acceptors (Lipinski definition) is 3. The van der Waals surface area contributed by atoms with Crippen LogP contribution in [0, 0.1) is 10.8 Å². The second kappa shape index (κ2) is 5.60. The summed E-state index contributed by atoms with van der Waals surface area (Å²) >= 11 is 6.52. The van der Waals surface area contributed by atoms with Crippen molar-refractivity contribution in [2.24, 2.45) is 10.8 Å². The van der Waals surface area contributed by atoms with Gasteiger partial charge in [-0.3, -0.25) is 4.79 Å². The molecule has 132 valence electrons. The third-order valence-electron chi connectivity index (χ3n) is 5.63. The molecule has 2 atom stereocenters. The van der Waals surface area contributed by atoms with E-state index >= 15 is 0 Å². The van der Waals surface area contributed by atoms with Crippen LogP contribution in [0.5, 0.6) is 0 Å². The minimum Gasteiger partial charge on any atom is -0.365 e. The van der Waals surface area contributed by atoms with E-state index in [1.54, 1.807) is 6.20 Å². The van der Waals surface area contributed by atoms with E-state index < -0.39 is 0 Å². The van der Waals surface area contributed by atoms with E-state index in [-0.39, 0.29) is 16.0 Å². The molecule has 2 unspecified atom stereocenters. The number of para-hydroxylation sites is 1. The van der Waals surface area contributed by atoms with Crippen molar-refractivity contribution in [1.82, 2.24) is 9.78 Å². The summed E-state index contributed by atoms with van der Waals surface area (Å²) in [6.07, 6.45) is 5.25. The Morgan fingerprint density at radius 3 is 2.60 bits per heavy atom. The van der Waals surface area contributed by atoms with Crippen molar-refractivity contribution in [2.75, 3.05) is 11.4 Å². The Kier molecular flexibility index (Phi) is 3.73. The molecule has 0 N–H and O–H groups in total. The van der Waals surface area contributed by atoms with Crippen LogP contribution < -0.4 is 10.5 Å². The van der Waals surface area contributed by atoms with Crippen LogP contribution in [0.3, 0.4) is 0 Å². The van der Waals surface area contributed by atoms with E-state index in [0.29, 0.717) is 11.5 Å². The van der Waals surface area contributed by atoms with Gasteiger partial charge >= 0.3 is 0 Å². The normalized spacial score (nSPS) is 27.5. The van der Waals surface area contributed by atoms with Crippen molar-refractivity contribution in [1.29, 1.82) is 0 Å². The van der Waals surface area contributed by atoms with Crippen LogP contribution in [0.2, 0.25) is 5.02 Å². The summed E-state index contributed by atoms with van der Waals surface area (Å²) in [4.78, 5) is 15.1. The summed E-state index contributed by atoms with van der Waals surface area (Å²) in [7, 11) is 0. The topological polar surface area (TPSA) is 38.1 Å². The van der Waals surface area contributed by atoms with Gasteiger partial charge in [-0.1, -0.05) is 50.6 Å². The number of hydrogen-bond donors (Lipinski definition) is 0. The molecule has 1 saturated heterocycles. The number of anilines is 1. The van der Waals surface area contributed by atoms with Crippen LogP contribution in [-0.2, 0) is 0 Å². The van der Waals surface area contributed by atoms with Crippen molar-refractivity contribution < 1.29 is 0 Å². The highest BCUT2D eigenvalue weighted by atomic mass is 35.5. The lowest BCUT2D eigenvalue weighted by Crippen LogP contribution is -2.35. The van der Waals surface area contributed by atoms with Gasteiger partial charge in [0.25, 0.3) is 5.56 Å². The molecule has 2 aliphatic rings. The summed E-state index contributed by atoms with van der Waals surface area (Å²) < 4.78 is 1.37. The summed E-state index contributed by atoms with van der Waals surface area (Å²) in [6.45, 7) is 7.98. The maximum Gasteiger partial charge on any atom is 0.292 e. The second-order valence-corrected chi connectivity index (χ2v) is 9.12. The number of rotatable bonds is 2. The number of nitrogens with zero attached hydrogens (tertiary/aromatic N) is 3. The number of halogens is 1. The number of benzene rings is 1. The van der Waals surface area contributed by atoms with E-state index in [0.717, 1.165) is 30.8 Å². The quantitative estimate of drug-likeness (QED) is 0.804. The van der Waals surface area contributed by atoms with Crippen LogP contribution in [-0.4, -0.2) is 22.4 Å². The maximum absolute atomic E-state index is 12.8. The van der Waals surface area contributed by atoms with Gasteiger partial charge in [-0.15, -0.1) is 0 Å². The Morgan fingerprint density at radius 2 is 1.88 bits per heavy atom. The van der Waals surface area contributed by atoms with Crippen molar-refractivity contribution in [3.63, 3.8) is 0 Å². The van der Waals surface area contributed by atoms with Gasteiger partial charge in [0.15, 0.2) is 0 Å². The molecule has 2 fully saturated rings. The first kappa shape index (κ1) is 16.6. The molecule has 1 aromatic heterocycles. The van der Waals surface area contributed by atoms with E-state index in [2.05, 4.69) is 30.8 Å². The molecule has 1 saturated carbocycles. The van der Waals surface area contributed by atoms with Crippen LogP contribution in [0.15, 0.2) is 41.3 Å². The van der Waals surface area contributed by atoms with Gasteiger partial charge in [0.2, 0.25) is 0 Å². The van der Waals surface area contributed by atoms with Crippen LogP contribution in [0.4, 0.5) is 5.69 Å². The van der Waals surface area contributed by atoms with Gasteiger partial charge in [-0.05, 0) is 42.2 Å². The van der Waals surface area contributed by atoms with Gasteiger partial charge in [0, 0.05) is 12.6 Å². The predicted octanol–water partition coefficient (Wildman–Crippen LogP) is 4.29. The molecular formula is C20H24ClN3O. The minimum atomic E-state index is -0.253. The smallest absolute Gasteiger partial charge is 0.292 e. The van der Waals surface area contributed by atoms with Gasteiger partial charge in [-0.25, -0.2) is 0 Å². The first-order valence-electron chi connectivity index (χ1n) is 8.88. The minimum absolute atomic E-state index is 0.253. The fraction of sp³-hybridized carbons (Fsp3) is 0.500. The molecular weight excluding hydrogens is 334 g/mol. The molecule has 2 aromatic rings. The summed E-state index contributed by atoms with van der Waals surface area (Å²) in [5.74, 6) is 0. The Bertz CT molecular complexity index is 861. The predicted molar refractivity (Wildman–Crippen MR) is 102 cm³/mol. The summed E-state index contributed by atoms with van der Waals surface area (Å²) in [5.41, 5.74) is 1.87. The third kappa shape index (κ3) is 2.86. The molecule has 2 heterocycles. The molecule has 1 aliphatic carbocycles. The van der Waals surface area contributed by atoms with Crippen molar-refractivity contribution >= 4 is 17.3 Å². The summed E-state index contributed by atoms with van der Waals surface area (Å²) in [5, 5.41) is 4.68. The Labute approximate surface area is 153 Å². The maximum atomic E-state index is 12.8. The number of aromatic nitrogens is 2. The Balaban J connectivity index is 1.73. The van der Waals surface area contributed by atoms with Gasteiger partial charge in [0.05, 0.1) is 17.6 Å². The molecule has 5 heteroatoms. The van der Waals surface area contributed by atoms with Crippen LogP contribution >= 0.6 is 11.6 Å². The van der Waals surface area contributed by atoms with E-state index in [1.807, 2.05) is 30.3 Å². The Morgan fingerprint density at radius 1 is 1.16 bits per heavy atom. The van der Waals surface area contributed by atoms with Gasteiger partial charge < -0.3 is 4.90 Å². The van der Waals surface area contributed by atoms with E-state index in [9.17, 15) is 4.79 Å². The molecule has 4 rings (SSSR count).